The van der Waals surface area contributed by atoms with Gasteiger partial charge in [0, 0.05) is 20.9 Å². The van der Waals surface area contributed by atoms with Crippen molar-refractivity contribution in [3.05, 3.63) is 33.1 Å². The Kier molecular flexibility index (Phi) is 3.74. The number of hydrogen-bond donors (Lipinski definition) is 3. The first-order valence-electron chi connectivity index (χ1n) is 7.28. The topological polar surface area (TPSA) is 140 Å². The van der Waals surface area contributed by atoms with Crippen molar-refractivity contribution in [2.24, 2.45) is 0 Å². The van der Waals surface area contributed by atoms with Gasteiger partial charge in [0.25, 0.3) is 5.56 Å². The molecule has 0 aromatic carbocycles. The van der Waals surface area contributed by atoms with E-state index in [4.69, 9.17) is 14.1 Å². The summed E-state index contributed by atoms with van der Waals surface area (Å²) in [6.07, 6.45) is -5.31. The average Bonchev–Trinajstić information content (AvgIpc) is 2.78. The van der Waals surface area contributed by atoms with E-state index in [1.165, 1.54) is 0 Å². The molecule has 2 rings (SSSR count). The van der Waals surface area contributed by atoms with E-state index in [-0.39, 0.29) is 0 Å². The van der Waals surface area contributed by atoms with Crippen molar-refractivity contribution in [1.82, 2.24) is 9.55 Å². The van der Waals surface area contributed by atoms with Gasteiger partial charge in [-0.05, 0) is 6.85 Å². The second-order valence-corrected chi connectivity index (χ2v) is 5.23. The molecule has 3 N–H and O–H groups in total. The predicted molar refractivity (Wildman–Crippen MR) is 68.0 cm³/mol. The summed E-state index contributed by atoms with van der Waals surface area (Å²) in [6.45, 7) is -4.25. The van der Waals surface area contributed by atoms with Crippen molar-refractivity contribution >= 4 is 8.25 Å². The minimum atomic E-state index is -3.45. The molecule has 1 fully saturated rings. The lowest BCUT2D eigenvalue weighted by molar-refractivity contribution is -0.145. The van der Waals surface area contributed by atoms with Gasteiger partial charge >= 0.3 is 13.9 Å². The molecule has 1 unspecified atom stereocenters. The van der Waals surface area contributed by atoms with E-state index >= 15 is 4.39 Å². The van der Waals surface area contributed by atoms with Crippen LogP contribution >= 0.6 is 8.25 Å². The van der Waals surface area contributed by atoms with E-state index < -0.39 is 57.1 Å². The monoisotopic (exact) mass is 343 g/mol. The molecule has 5 atom stereocenters. The van der Waals surface area contributed by atoms with Gasteiger partial charge in [0.1, 0.15) is 18.8 Å². The summed E-state index contributed by atoms with van der Waals surface area (Å²) in [5.41, 5.74) is -5.42. The first kappa shape index (κ1) is 13.0. The Balaban J connectivity index is 2.43. The number of H-pyrrole nitrogens is 1. The largest absolute Gasteiger partial charge is 0.728 e. The fraction of sp³-hybridized carbons (Fsp3) is 0.600. The summed E-state index contributed by atoms with van der Waals surface area (Å²) < 4.78 is 61.6. The quantitative estimate of drug-likeness (QED) is 0.286. The van der Waals surface area contributed by atoms with Crippen LogP contribution in [-0.2, 0) is 18.5 Å². The molecule has 1 aliphatic heterocycles. The summed E-state index contributed by atoms with van der Waals surface area (Å²) in [5, 5.41) is 18.2. The molecular weight excluding hydrogens is 327 g/mol. The highest BCUT2D eigenvalue weighted by Crippen LogP contribution is 2.41. The van der Waals surface area contributed by atoms with Crippen LogP contribution in [0.3, 0.4) is 0 Å². The fourth-order valence-corrected chi connectivity index (χ4v) is 2.24. The third-order valence-corrected chi connectivity index (χ3v) is 3.45. The number of halogens is 1. The van der Waals surface area contributed by atoms with Crippen molar-refractivity contribution in [3.8, 4) is 0 Å². The van der Waals surface area contributed by atoms with E-state index in [9.17, 15) is 19.3 Å². The third kappa shape index (κ3) is 3.14. The molecule has 10 nitrogen and oxygen atoms in total. The molecule has 0 aliphatic carbocycles. The summed E-state index contributed by atoms with van der Waals surface area (Å²) in [4.78, 5) is 24.7. The number of aromatic nitrogens is 2. The summed E-state index contributed by atoms with van der Waals surface area (Å²) in [7, 11) is -3.02. The number of aliphatic hydroxyl groups excluding tert-OH is 1. The number of nitrogens with zero attached hydrogens (tertiary/aromatic N) is 1. The highest BCUT2D eigenvalue weighted by Gasteiger charge is 2.56. The van der Waals surface area contributed by atoms with Crippen molar-refractivity contribution in [3.63, 3.8) is 0 Å². The summed E-state index contributed by atoms with van der Waals surface area (Å²) in [6, 6.07) is 0.831. The predicted octanol–water partition coefficient (Wildman–Crippen LogP) is -0.313. The molecule has 122 valence electrons. The number of ether oxygens (including phenoxy) is 1. The van der Waals surface area contributed by atoms with Crippen LogP contribution in [0.4, 0.5) is 4.39 Å². The fourth-order valence-electron chi connectivity index (χ4n) is 1.92. The second kappa shape index (κ2) is 6.32. The normalized spacial score (nSPS) is 34.8. The van der Waals surface area contributed by atoms with Crippen LogP contribution in [-0.4, -0.2) is 44.4 Å². The maximum absolute atomic E-state index is 15.3. The molecule has 0 bridgehead atoms. The van der Waals surface area contributed by atoms with Gasteiger partial charge in [0.05, 0.1) is 4.67 Å². The van der Waals surface area contributed by atoms with Crippen LogP contribution in [0.5, 0.6) is 0 Å². The van der Waals surface area contributed by atoms with Crippen LogP contribution in [0.1, 0.15) is 17.2 Å². The number of alkyl halides is 1. The minimum Gasteiger partial charge on any atom is -0.387 e. The highest BCUT2D eigenvalue weighted by molar-refractivity contribution is 7.33. The van der Waals surface area contributed by atoms with Crippen LogP contribution in [0.15, 0.2) is 21.9 Å². The lowest BCUT2D eigenvalue weighted by Crippen LogP contribution is -2.43. The SMILES string of the molecule is [2H][13C]([2H])([2H])[C@@]1(F)[C@H](O)[C@@H](CO[P+](=O)OO)O[C@H]1n1ccc(=O)[nH]c1=O. The van der Waals surface area contributed by atoms with Crippen molar-refractivity contribution in [1.29, 1.82) is 0 Å². The number of aliphatic hydroxyl groups is 1. The molecular formula is C10H13FN2O8P+. The van der Waals surface area contributed by atoms with Gasteiger partial charge in [-0.25, -0.2) is 14.4 Å². The standard InChI is InChI=1S/C10H12FN2O8P/c1-10(11)7(15)5(4-19-22(18)21-17)20-8(10)13-3-2-6(14)12-9(13)16/h2-3,5,7-8,15H,4H2,1H3,(H-,12,14,16,17)/p+1/t5-,7-,8-,10-/m1/s1/i1+1D3. The Morgan fingerprint density at radius 1 is 1.68 bits per heavy atom. The molecule has 1 aromatic heterocycles. The van der Waals surface area contributed by atoms with Crippen molar-refractivity contribution < 1.29 is 37.4 Å². The molecule has 1 saturated heterocycles. The number of aromatic amines is 1. The molecule has 0 radical (unpaired) electrons. The lowest BCUT2D eigenvalue weighted by Gasteiger charge is -2.24. The Morgan fingerprint density at radius 2 is 2.41 bits per heavy atom. The number of nitrogens with one attached hydrogen (secondary N) is 1. The van der Waals surface area contributed by atoms with Gasteiger partial charge in [-0.15, -0.1) is 4.52 Å². The van der Waals surface area contributed by atoms with Gasteiger partial charge < -0.3 is 9.84 Å². The highest BCUT2D eigenvalue weighted by atomic mass is 31.1. The Bertz CT molecular complexity index is 770. The van der Waals surface area contributed by atoms with E-state index in [0.717, 1.165) is 12.3 Å². The number of rotatable bonds is 5. The van der Waals surface area contributed by atoms with Crippen LogP contribution in [0.25, 0.3) is 0 Å². The second-order valence-electron chi connectivity index (χ2n) is 4.36. The van der Waals surface area contributed by atoms with Gasteiger partial charge in [0.2, 0.25) is 0 Å². The van der Waals surface area contributed by atoms with E-state index in [0.29, 0.717) is 4.57 Å². The maximum Gasteiger partial charge on any atom is 0.728 e. The molecule has 0 saturated carbocycles. The van der Waals surface area contributed by atoms with Crippen LogP contribution in [0.2, 0.25) is 0 Å². The molecule has 22 heavy (non-hydrogen) atoms. The maximum atomic E-state index is 15.3. The number of hydrogen-bond acceptors (Lipinski definition) is 8. The van der Waals surface area contributed by atoms with Crippen LogP contribution in [0, 0.1) is 0 Å². The Morgan fingerprint density at radius 3 is 3.00 bits per heavy atom. The van der Waals surface area contributed by atoms with Gasteiger partial charge in [0.15, 0.2) is 11.9 Å². The van der Waals surface area contributed by atoms with Crippen LogP contribution < -0.4 is 11.2 Å². The first-order chi connectivity index (χ1) is 11.5. The Labute approximate surface area is 127 Å². The van der Waals surface area contributed by atoms with Crippen molar-refractivity contribution in [2.75, 3.05) is 6.61 Å². The zero-order valence-corrected chi connectivity index (χ0v) is 11.6. The summed E-state index contributed by atoms with van der Waals surface area (Å²) >= 11 is 0. The molecule has 12 heteroatoms. The zero-order chi connectivity index (χ0) is 19.0. The van der Waals surface area contributed by atoms with Crippen molar-refractivity contribution in [2.45, 2.75) is 31.0 Å². The molecule has 2 heterocycles. The van der Waals surface area contributed by atoms with Gasteiger partial charge in [-0.2, -0.15) is 0 Å². The molecule has 0 amide bonds. The smallest absolute Gasteiger partial charge is 0.387 e. The van der Waals surface area contributed by atoms with E-state index in [1.807, 2.05) is 0 Å². The molecule has 1 aliphatic rings. The zero-order valence-electron chi connectivity index (χ0n) is 13.7. The minimum absolute atomic E-state index is 0.458. The van der Waals surface area contributed by atoms with Gasteiger partial charge in [-0.1, -0.05) is 0 Å². The molecule has 0 spiro atoms. The first-order valence-corrected chi connectivity index (χ1v) is 6.87. The van der Waals surface area contributed by atoms with Gasteiger partial charge in [-0.3, -0.25) is 14.3 Å². The Hall–Kier alpha value is -1.49. The lowest BCUT2D eigenvalue weighted by atomic mass is 10.0. The van der Waals surface area contributed by atoms with E-state index in [1.54, 1.807) is 4.98 Å². The average molecular weight is 343 g/mol. The summed E-state index contributed by atoms with van der Waals surface area (Å²) in [5.74, 6) is 0. The van der Waals surface area contributed by atoms with E-state index in [2.05, 4.69) is 9.20 Å². The third-order valence-electron chi connectivity index (χ3n) is 2.96. The molecule has 1 aromatic rings.